The van der Waals surface area contributed by atoms with Crippen molar-refractivity contribution < 1.29 is 9.63 Å². The maximum absolute atomic E-state index is 12.1. The van der Waals surface area contributed by atoms with Crippen LogP contribution in [0, 0.1) is 0 Å². The summed E-state index contributed by atoms with van der Waals surface area (Å²) in [6, 6.07) is -0.174. The van der Waals surface area contributed by atoms with Crippen molar-refractivity contribution >= 4 is 11.7 Å². The van der Waals surface area contributed by atoms with Crippen LogP contribution in [0.2, 0.25) is 0 Å². The summed E-state index contributed by atoms with van der Waals surface area (Å²) < 4.78 is 0. The van der Waals surface area contributed by atoms with Crippen molar-refractivity contribution in [2.45, 2.75) is 33.2 Å². The fraction of sp³-hybridized carbons (Fsp3) is 0.750. The molecule has 7 nitrogen and oxygen atoms in total. The molecule has 23 heavy (non-hydrogen) atoms. The average molecular weight is 325 g/mol. The number of hydrogen-bond donors (Lipinski definition) is 2. The minimum Gasteiger partial charge on any atom is -0.331 e. The zero-order valence-corrected chi connectivity index (χ0v) is 15.3. The molecule has 0 aliphatic carbocycles. The lowest BCUT2D eigenvalue weighted by atomic mass is 10.1. The van der Waals surface area contributed by atoms with Crippen molar-refractivity contribution in [3.05, 3.63) is 11.3 Å². The van der Waals surface area contributed by atoms with Gasteiger partial charge in [0.25, 0.3) is 0 Å². The Kier molecular flexibility index (Phi) is 8.22. The lowest BCUT2D eigenvalue weighted by Gasteiger charge is -2.16. The summed E-state index contributed by atoms with van der Waals surface area (Å²) in [5, 5.41) is 7.69. The Hall–Kier alpha value is -1.44. The molecule has 1 atom stereocenters. The lowest BCUT2D eigenvalue weighted by molar-refractivity contribution is -0.105. The van der Waals surface area contributed by atoms with E-state index in [0.29, 0.717) is 6.61 Å². The Labute approximate surface area is 139 Å². The molecule has 2 amide bonds. The van der Waals surface area contributed by atoms with Gasteiger partial charge >= 0.3 is 6.03 Å². The van der Waals surface area contributed by atoms with E-state index in [-0.39, 0.29) is 12.1 Å². The van der Waals surface area contributed by atoms with E-state index in [1.165, 1.54) is 0 Å². The molecule has 0 aromatic carbocycles. The number of amides is 2. The number of likely N-dealkylation sites (N-methyl/N-ethyl adjacent to an activating group) is 1. The minimum absolute atomic E-state index is 0.0242. The third-order valence-electron chi connectivity index (χ3n) is 3.93. The maximum Gasteiger partial charge on any atom is 0.319 e. The van der Waals surface area contributed by atoms with E-state index in [1.54, 1.807) is 7.05 Å². The highest BCUT2D eigenvalue weighted by atomic mass is 16.7. The number of aliphatic imine (C=N–C) groups is 1. The molecule has 0 aromatic rings. The zero-order chi connectivity index (χ0) is 17.4. The first-order chi connectivity index (χ1) is 10.9. The molecule has 1 rings (SSSR count). The van der Waals surface area contributed by atoms with Crippen LogP contribution in [0.25, 0.3) is 0 Å². The number of nitrogens with zero attached hydrogens (tertiary/aromatic N) is 3. The second kappa shape index (κ2) is 9.64. The average Bonchev–Trinajstić information content (AvgIpc) is 2.94. The van der Waals surface area contributed by atoms with Gasteiger partial charge in [-0.05, 0) is 33.5 Å². The molecule has 1 aliphatic rings. The lowest BCUT2D eigenvalue weighted by Crippen LogP contribution is -2.44. The number of rotatable bonds is 7. The summed E-state index contributed by atoms with van der Waals surface area (Å²) in [6.07, 6.45) is 0.859. The summed E-state index contributed by atoms with van der Waals surface area (Å²) in [4.78, 5) is 24.0. The predicted octanol–water partition coefficient (Wildman–Crippen LogP) is 1.24. The van der Waals surface area contributed by atoms with Crippen molar-refractivity contribution in [2.75, 3.05) is 47.4 Å². The first-order valence-electron chi connectivity index (χ1n) is 8.11. The molecule has 1 saturated heterocycles. The quantitative estimate of drug-likeness (QED) is 0.691. The number of carbonyl (C=O) groups is 1. The first-order valence-corrected chi connectivity index (χ1v) is 8.11. The first kappa shape index (κ1) is 19.6. The highest BCUT2D eigenvalue weighted by Gasteiger charge is 2.23. The topological polar surface area (TPSA) is 69.2 Å². The van der Waals surface area contributed by atoms with Crippen LogP contribution in [0.3, 0.4) is 0 Å². The van der Waals surface area contributed by atoms with E-state index in [9.17, 15) is 4.79 Å². The van der Waals surface area contributed by atoms with Crippen LogP contribution in [0.5, 0.6) is 0 Å². The smallest absolute Gasteiger partial charge is 0.319 e. The number of hydroxylamine groups is 2. The van der Waals surface area contributed by atoms with Crippen LogP contribution in [-0.2, 0) is 4.84 Å². The van der Waals surface area contributed by atoms with E-state index in [1.807, 2.05) is 39.9 Å². The molecule has 0 bridgehead atoms. The molecule has 0 spiro atoms. The molecular formula is C16H31N5O2. The van der Waals surface area contributed by atoms with Crippen LogP contribution in [-0.4, -0.2) is 75.1 Å². The van der Waals surface area contributed by atoms with Gasteiger partial charge in [0.1, 0.15) is 0 Å². The van der Waals surface area contributed by atoms with Gasteiger partial charge < -0.3 is 15.5 Å². The number of carbonyl (C=O) groups excluding carboxylic acids is 1. The molecule has 1 fully saturated rings. The number of urea groups is 1. The second-order valence-corrected chi connectivity index (χ2v) is 6.05. The van der Waals surface area contributed by atoms with Crippen molar-refractivity contribution in [1.82, 2.24) is 20.6 Å². The van der Waals surface area contributed by atoms with Gasteiger partial charge in [0.2, 0.25) is 0 Å². The van der Waals surface area contributed by atoms with Crippen molar-refractivity contribution in [2.24, 2.45) is 4.99 Å². The number of nitrogens with one attached hydrogen (secondary N) is 2. The maximum atomic E-state index is 12.1. The van der Waals surface area contributed by atoms with Gasteiger partial charge in [-0.3, -0.25) is 9.83 Å². The highest BCUT2D eigenvalue weighted by Crippen LogP contribution is 2.08. The molecule has 0 unspecified atom stereocenters. The Balaban J connectivity index is 2.54. The van der Waals surface area contributed by atoms with Gasteiger partial charge in [0, 0.05) is 44.5 Å². The summed E-state index contributed by atoms with van der Waals surface area (Å²) >= 11 is 0. The molecule has 1 heterocycles. The fourth-order valence-corrected chi connectivity index (χ4v) is 2.35. The van der Waals surface area contributed by atoms with Gasteiger partial charge in [-0.2, -0.15) is 5.06 Å². The largest absolute Gasteiger partial charge is 0.331 e. The van der Waals surface area contributed by atoms with Crippen LogP contribution in [0.15, 0.2) is 16.3 Å². The third kappa shape index (κ3) is 6.68. The van der Waals surface area contributed by atoms with Gasteiger partial charge in [-0.15, -0.1) is 0 Å². The number of hydrogen-bond acceptors (Lipinski definition) is 5. The van der Waals surface area contributed by atoms with Gasteiger partial charge in [-0.25, -0.2) is 4.79 Å². The van der Waals surface area contributed by atoms with E-state index in [0.717, 1.165) is 43.0 Å². The Morgan fingerprint density at radius 3 is 2.61 bits per heavy atom. The Morgan fingerprint density at radius 1 is 1.39 bits per heavy atom. The van der Waals surface area contributed by atoms with E-state index in [4.69, 9.17) is 4.84 Å². The third-order valence-corrected chi connectivity index (χ3v) is 3.93. The second-order valence-electron chi connectivity index (χ2n) is 6.05. The van der Waals surface area contributed by atoms with Gasteiger partial charge in [-0.1, -0.05) is 6.92 Å². The van der Waals surface area contributed by atoms with Crippen molar-refractivity contribution in [3.63, 3.8) is 0 Å². The minimum atomic E-state index is -0.198. The molecule has 0 radical (unpaired) electrons. The van der Waals surface area contributed by atoms with Gasteiger partial charge in [0.15, 0.2) is 0 Å². The standard InChI is InChI=1S/C16H31N5O2/c1-7-21-10-14(11-23-21)19-16(22)18-13(3)12(2)15(17-4)8-9-20(5)6/h14H,7-11H2,1-6H3,(H2,18,19,22)/b13-12+,17-15-/t14-/m1/s1. The molecular weight excluding hydrogens is 294 g/mol. The molecule has 0 aromatic heterocycles. The summed E-state index contributed by atoms with van der Waals surface area (Å²) in [6.45, 7) is 8.90. The van der Waals surface area contributed by atoms with Crippen LogP contribution in [0.1, 0.15) is 27.2 Å². The van der Waals surface area contributed by atoms with Crippen LogP contribution < -0.4 is 10.6 Å². The predicted molar refractivity (Wildman–Crippen MR) is 93.6 cm³/mol. The molecule has 0 saturated carbocycles. The summed E-state index contributed by atoms with van der Waals surface area (Å²) in [5.41, 5.74) is 2.85. The summed E-state index contributed by atoms with van der Waals surface area (Å²) in [7, 11) is 5.86. The van der Waals surface area contributed by atoms with Crippen molar-refractivity contribution in [1.29, 1.82) is 0 Å². The van der Waals surface area contributed by atoms with E-state index < -0.39 is 0 Å². The normalized spacial score (nSPS) is 20.7. The molecule has 2 N–H and O–H groups in total. The highest BCUT2D eigenvalue weighted by molar-refractivity contribution is 6.00. The molecule has 1 aliphatic heterocycles. The van der Waals surface area contributed by atoms with E-state index in [2.05, 4.69) is 20.5 Å². The Morgan fingerprint density at radius 2 is 2.09 bits per heavy atom. The van der Waals surface area contributed by atoms with Gasteiger partial charge in [0.05, 0.1) is 12.6 Å². The van der Waals surface area contributed by atoms with Crippen LogP contribution >= 0.6 is 0 Å². The van der Waals surface area contributed by atoms with E-state index >= 15 is 0 Å². The summed E-state index contributed by atoms with van der Waals surface area (Å²) in [5.74, 6) is 0. The SMILES string of the molecule is CCN1C[C@@H](NC(=O)N/C(C)=C(C)/C(CCN(C)C)=N\C)CO1. The van der Waals surface area contributed by atoms with Crippen LogP contribution in [0.4, 0.5) is 4.79 Å². The Bertz CT molecular complexity index is 459. The molecule has 132 valence electrons. The monoisotopic (exact) mass is 325 g/mol. The fourth-order valence-electron chi connectivity index (χ4n) is 2.35. The zero-order valence-electron chi connectivity index (χ0n) is 15.3. The van der Waals surface area contributed by atoms with Crippen molar-refractivity contribution in [3.8, 4) is 0 Å². The molecule has 7 heteroatoms. The number of allylic oxidation sites excluding steroid dienone is 2.